The largest absolute Gasteiger partial charge is 0.383 e. The van der Waals surface area contributed by atoms with Gasteiger partial charge in [-0.15, -0.1) is 11.3 Å². The number of nitrogen functional groups attached to an aromatic ring is 1. The molecule has 0 unspecified atom stereocenters. The number of rotatable bonds is 4. The minimum Gasteiger partial charge on any atom is -0.383 e. The van der Waals surface area contributed by atoms with Crippen molar-refractivity contribution in [1.29, 1.82) is 0 Å². The Hall–Kier alpha value is -3.10. The Bertz CT molecular complexity index is 1580. The molecule has 2 aromatic heterocycles. The first kappa shape index (κ1) is 22.1. The SMILES string of the molecule is Cc1nc2ccc([C@H](C)N(C(=O)c3cc4c5c(c(N)nc4cc3F)[C@@H](C)OC5)C34CC(C3)C4)cc2s1. The summed E-state index contributed by atoms with van der Waals surface area (Å²) < 4.78 is 22.4. The fourth-order valence-corrected chi connectivity index (χ4v) is 7.45. The van der Waals surface area contributed by atoms with Crippen molar-refractivity contribution in [3.8, 4) is 0 Å². The van der Waals surface area contributed by atoms with E-state index < -0.39 is 5.82 Å². The summed E-state index contributed by atoms with van der Waals surface area (Å²) in [5.74, 6) is 0.204. The molecule has 8 rings (SSSR count). The third kappa shape index (κ3) is 3.00. The van der Waals surface area contributed by atoms with Crippen LogP contribution in [0.5, 0.6) is 0 Å². The van der Waals surface area contributed by atoms with E-state index in [0.29, 0.717) is 23.9 Å². The molecule has 0 saturated heterocycles. The molecule has 184 valence electrons. The molecular formula is C28H27FN4O2S. The van der Waals surface area contributed by atoms with Gasteiger partial charge >= 0.3 is 0 Å². The van der Waals surface area contributed by atoms with E-state index in [1.54, 1.807) is 17.4 Å². The van der Waals surface area contributed by atoms with Crippen LogP contribution >= 0.6 is 11.3 Å². The molecule has 3 fully saturated rings. The van der Waals surface area contributed by atoms with Crippen LogP contribution in [-0.2, 0) is 11.3 Å². The second-order valence-electron chi connectivity index (χ2n) is 10.7. The van der Waals surface area contributed by atoms with E-state index >= 15 is 4.39 Å². The Labute approximate surface area is 212 Å². The lowest BCUT2D eigenvalue weighted by Crippen LogP contribution is -2.69. The zero-order valence-corrected chi connectivity index (χ0v) is 21.3. The number of nitrogens with two attached hydrogens (primary N) is 1. The standard InChI is InChI=1S/C28H27FN4O2S/c1-13(17-4-5-22-24(6-17)36-15(3)31-22)33(28-9-16(10-28)11-28)27(34)19-7-18-20-12-35-14(2)25(20)26(30)32-23(18)8-21(19)29/h4-8,13-14,16H,9-12H2,1-3H3,(H2,30,32)/t13-,14+,16?,28?/m0/s1. The van der Waals surface area contributed by atoms with Crippen molar-refractivity contribution in [3.63, 3.8) is 0 Å². The Morgan fingerprint density at radius 2 is 2.00 bits per heavy atom. The van der Waals surface area contributed by atoms with E-state index in [1.165, 1.54) is 6.07 Å². The van der Waals surface area contributed by atoms with Crippen molar-refractivity contribution in [2.75, 3.05) is 5.73 Å². The van der Waals surface area contributed by atoms with Gasteiger partial charge in [0.05, 0.1) is 45.1 Å². The van der Waals surface area contributed by atoms with E-state index in [1.807, 2.05) is 30.9 Å². The van der Waals surface area contributed by atoms with Gasteiger partial charge in [-0.05, 0) is 75.3 Å². The maximum atomic E-state index is 15.5. The fraction of sp³-hybridized carbons (Fsp3) is 0.393. The minimum absolute atomic E-state index is 0.0853. The van der Waals surface area contributed by atoms with Crippen molar-refractivity contribution in [2.45, 2.75) is 64.3 Å². The molecule has 2 N–H and O–H groups in total. The zero-order valence-electron chi connectivity index (χ0n) is 20.5. The van der Waals surface area contributed by atoms with Crippen LogP contribution < -0.4 is 5.73 Å². The number of ether oxygens (including phenoxy) is 1. The number of halogens is 1. The second-order valence-corrected chi connectivity index (χ2v) is 11.9. The summed E-state index contributed by atoms with van der Waals surface area (Å²) in [6.07, 6.45) is 2.78. The maximum absolute atomic E-state index is 15.5. The van der Waals surface area contributed by atoms with E-state index in [-0.39, 0.29) is 29.2 Å². The van der Waals surface area contributed by atoms with Gasteiger partial charge in [-0.1, -0.05) is 6.07 Å². The number of fused-ring (bicyclic) bond motifs is 4. The van der Waals surface area contributed by atoms with E-state index in [0.717, 1.165) is 56.6 Å². The highest BCUT2D eigenvalue weighted by Crippen LogP contribution is 2.62. The van der Waals surface area contributed by atoms with Crippen LogP contribution in [0.3, 0.4) is 0 Å². The van der Waals surface area contributed by atoms with Crippen LogP contribution in [0, 0.1) is 18.7 Å². The molecule has 3 heterocycles. The molecule has 1 aliphatic heterocycles. The summed E-state index contributed by atoms with van der Waals surface area (Å²) in [5, 5.41) is 1.75. The molecule has 4 aromatic rings. The van der Waals surface area contributed by atoms with Gasteiger partial charge in [0.25, 0.3) is 5.91 Å². The van der Waals surface area contributed by atoms with Gasteiger partial charge in [-0.3, -0.25) is 4.79 Å². The fourth-order valence-electron chi connectivity index (χ4n) is 6.58. The van der Waals surface area contributed by atoms with Gasteiger partial charge < -0.3 is 15.4 Å². The first-order chi connectivity index (χ1) is 17.2. The normalized spacial score (nSPS) is 24.9. The molecule has 2 bridgehead atoms. The molecule has 0 spiro atoms. The number of nitrogens with zero attached hydrogens (tertiary/aromatic N) is 3. The molecule has 3 saturated carbocycles. The summed E-state index contributed by atoms with van der Waals surface area (Å²) in [7, 11) is 0. The molecular weight excluding hydrogens is 475 g/mol. The Balaban J connectivity index is 1.34. The van der Waals surface area contributed by atoms with Crippen molar-refractivity contribution < 1.29 is 13.9 Å². The van der Waals surface area contributed by atoms with Crippen molar-refractivity contribution in [3.05, 3.63) is 63.4 Å². The number of carbonyl (C=O) groups is 1. The smallest absolute Gasteiger partial charge is 0.257 e. The Morgan fingerprint density at radius 3 is 2.72 bits per heavy atom. The molecule has 4 aliphatic rings. The summed E-state index contributed by atoms with van der Waals surface area (Å²) in [6.45, 7) is 6.36. The van der Waals surface area contributed by atoms with E-state index in [2.05, 4.69) is 23.0 Å². The molecule has 0 radical (unpaired) electrons. The molecule has 2 atom stereocenters. The number of carbonyl (C=O) groups excluding carboxylic acids is 1. The maximum Gasteiger partial charge on any atom is 0.257 e. The van der Waals surface area contributed by atoms with E-state index in [9.17, 15) is 4.79 Å². The molecule has 8 heteroatoms. The lowest BCUT2D eigenvalue weighted by Gasteiger charge is -2.67. The van der Waals surface area contributed by atoms with Gasteiger partial charge in [0.2, 0.25) is 0 Å². The predicted octanol–water partition coefficient (Wildman–Crippen LogP) is 6.22. The molecule has 36 heavy (non-hydrogen) atoms. The molecule has 1 amide bonds. The van der Waals surface area contributed by atoms with Gasteiger partial charge in [0.1, 0.15) is 11.6 Å². The summed E-state index contributed by atoms with van der Waals surface area (Å²) in [4.78, 5) is 25.1. The van der Waals surface area contributed by atoms with Crippen LogP contribution in [0.15, 0.2) is 30.3 Å². The molecule has 6 nitrogen and oxygen atoms in total. The van der Waals surface area contributed by atoms with Gasteiger partial charge in [0, 0.05) is 22.6 Å². The number of benzene rings is 2. The number of hydrogen-bond acceptors (Lipinski definition) is 6. The van der Waals surface area contributed by atoms with Crippen molar-refractivity contribution in [2.24, 2.45) is 5.92 Å². The quantitative estimate of drug-likeness (QED) is 0.358. The lowest BCUT2D eigenvalue weighted by molar-refractivity contribution is -0.137. The van der Waals surface area contributed by atoms with Crippen molar-refractivity contribution >= 4 is 44.2 Å². The Kier molecular flexibility index (Phi) is 4.58. The average Bonchev–Trinajstić information content (AvgIpc) is 3.35. The number of aryl methyl sites for hydroxylation is 1. The monoisotopic (exact) mass is 502 g/mol. The number of thiazole rings is 1. The first-order valence-electron chi connectivity index (χ1n) is 12.5. The van der Waals surface area contributed by atoms with Crippen molar-refractivity contribution in [1.82, 2.24) is 14.9 Å². The highest BCUT2D eigenvalue weighted by Gasteiger charge is 2.62. The van der Waals surface area contributed by atoms with Crippen LogP contribution in [0.4, 0.5) is 10.2 Å². The molecule has 3 aliphatic carbocycles. The summed E-state index contributed by atoms with van der Waals surface area (Å²) in [6, 6.07) is 9.02. The summed E-state index contributed by atoms with van der Waals surface area (Å²) in [5.41, 5.74) is 10.3. The highest BCUT2D eigenvalue weighted by atomic mass is 32.1. The van der Waals surface area contributed by atoms with Gasteiger partial charge in [-0.2, -0.15) is 0 Å². The highest BCUT2D eigenvalue weighted by molar-refractivity contribution is 7.18. The van der Waals surface area contributed by atoms with Gasteiger partial charge in [0.15, 0.2) is 0 Å². The Morgan fingerprint density at radius 1 is 1.22 bits per heavy atom. The zero-order chi connectivity index (χ0) is 24.9. The topological polar surface area (TPSA) is 81.3 Å². The average molecular weight is 503 g/mol. The lowest BCUT2D eigenvalue weighted by atomic mass is 9.48. The van der Waals surface area contributed by atoms with Crippen LogP contribution in [0.2, 0.25) is 0 Å². The minimum atomic E-state index is -0.566. The van der Waals surface area contributed by atoms with E-state index in [4.69, 9.17) is 10.5 Å². The number of anilines is 1. The number of pyridine rings is 1. The number of hydrogen-bond donors (Lipinski definition) is 1. The second kappa shape index (κ2) is 7.46. The third-order valence-corrected chi connectivity index (χ3v) is 9.43. The first-order valence-corrected chi connectivity index (χ1v) is 13.3. The van der Waals surface area contributed by atoms with Crippen LogP contribution in [0.1, 0.15) is 77.3 Å². The summed E-state index contributed by atoms with van der Waals surface area (Å²) >= 11 is 1.65. The van der Waals surface area contributed by atoms with Crippen LogP contribution in [0.25, 0.3) is 21.1 Å². The molecule has 2 aromatic carbocycles. The van der Waals surface area contributed by atoms with Crippen LogP contribution in [-0.4, -0.2) is 26.3 Å². The number of aromatic nitrogens is 2. The number of amides is 1. The third-order valence-electron chi connectivity index (χ3n) is 8.49. The van der Waals surface area contributed by atoms with Gasteiger partial charge in [-0.25, -0.2) is 14.4 Å². The predicted molar refractivity (Wildman–Crippen MR) is 138 cm³/mol.